The van der Waals surface area contributed by atoms with E-state index in [1.807, 2.05) is 50.3 Å². The Hall–Kier alpha value is -1.02. The summed E-state index contributed by atoms with van der Waals surface area (Å²) in [6.07, 6.45) is 2.94. The van der Waals surface area contributed by atoms with Crippen molar-refractivity contribution in [1.82, 2.24) is 0 Å². The molecule has 3 atom stereocenters. The molecule has 0 spiro atoms. The minimum Gasteiger partial charge on any atom is -0.414 e. The molecular formula is C24H40O5Si. The lowest BCUT2D eigenvalue weighted by Gasteiger charge is -2.37. The fourth-order valence-corrected chi connectivity index (χ4v) is 4.06. The number of hydrogen-bond donors (Lipinski definition) is 1. The van der Waals surface area contributed by atoms with Gasteiger partial charge in [0.25, 0.3) is 0 Å². The van der Waals surface area contributed by atoms with Crippen molar-refractivity contribution >= 4 is 8.32 Å². The highest BCUT2D eigenvalue weighted by Crippen LogP contribution is 2.38. The predicted octanol–water partition coefficient (Wildman–Crippen LogP) is 5.05. The molecule has 2 rings (SSSR count). The summed E-state index contributed by atoms with van der Waals surface area (Å²) in [5.74, 6) is -0.736. The molecule has 1 N–H and O–H groups in total. The summed E-state index contributed by atoms with van der Waals surface area (Å²) in [4.78, 5) is 0. The molecule has 1 fully saturated rings. The Balaban J connectivity index is 1.82. The zero-order valence-corrected chi connectivity index (χ0v) is 20.7. The molecule has 1 aromatic carbocycles. The van der Waals surface area contributed by atoms with Gasteiger partial charge in [-0.05, 0) is 44.0 Å². The first-order chi connectivity index (χ1) is 13.9. The molecule has 6 heteroatoms. The average Bonchev–Trinajstić information content (AvgIpc) is 2.97. The molecule has 170 valence electrons. The van der Waals surface area contributed by atoms with Crippen molar-refractivity contribution in [2.45, 2.75) is 89.9 Å². The van der Waals surface area contributed by atoms with Crippen LogP contribution in [-0.4, -0.2) is 50.7 Å². The summed E-state index contributed by atoms with van der Waals surface area (Å²) >= 11 is 0. The second-order valence-electron chi connectivity index (χ2n) is 9.96. The summed E-state index contributed by atoms with van der Waals surface area (Å²) in [7, 11) is -1.90. The quantitative estimate of drug-likeness (QED) is 0.316. The largest absolute Gasteiger partial charge is 0.414 e. The number of ether oxygens (including phenoxy) is 3. The van der Waals surface area contributed by atoms with Gasteiger partial charge in [0.2, 0.25) is 0 Å². The van der Waals surface area contributed by atoms with Crippen LogP contribution in [0.15, 0.2) is 42.5 Å². The van der Waals surface area contributed by atoms with Gasteiger partial charge in [-0.3, -0.25) is 0 Å². The topological polar surface area (TPSA) is 57.2 Å². The maximum absolute atomic E-state index is 10.7. The third-order valence-electron chi connectivity index (χ3n) is 5.85. The van der Waals surface area contributed by atoms with Crippen LogP contribution in [0.1, 0.15) is 46.6 Å². The highest BCUT2D eigenvalue weighted by Gasteiger charge is 2.46. The minimum absolute atomic E-state index is 0.121. The van der Waals surface area contributed by atoms with Crippen LogP contribution in [0.4, 0.5) is 0 Å². The number of hydrogen-bond acceptors (Lipinski definition) is 5. The van der Waals surface area contributed by atoms with Crippen LogP contribution in [0, 0.1) is 0 Å². The van der Waals surface area contributed by atoms with Gasteiger partial charge in [-0.1, -0.05) is 63.3 Å². The molecule has 0 aliphatic carbocycles. The molecule has 5 nitrogen and oxygen atoms in total. The van der Waals surface area contributed by atoms with E-state index in [0.29, 0.717) is 19.8 Å². The van der Waals surface area contributed by atoms with Crippen molar-refractivity contribution in [1.29, 1.82) is 0 Å². The van der Waals surface area contributed by atoms with E-state index in [2.05, 4.69) is 33.9 Å². The molecule has 0 radical (unpaired) electrons. The molecule has 0 bridgehead atoms. The SMILES string of the molecule is CC1(C)O[C@@H]([C@@H](O)/C=C/CCOCc2ccccc2)[C@@H](CO[Si](C)(C)C(C)(C)C)O1. The second-order valence-corrected chi connectivity index (χ2v) is 14.8. The Morgan fingerprint density at radius 1 is 1.17 bits per heavy atom. The third-order valence-corrected chi connectivity index (χ3v) is 10.3. The van der Waals surface area contributed by atoms with Crippen LogP contribution in [0.5, 0.6) is 0 Å². The zero-order valence-electron chi connectivity index (χ0n) is 19.7. The van der Waals surface area contributed by atoms with Crippen molar-refractivity contribution in [2.24, 2.45) is 0 Å². The van der Waals surface area contributed by atoms with E-state index >= 15 is 0 Å². The van der Waals surface area contributed by atoms with Crippen LogP contribution in [0.3, 0.4) is 0 Å². The van der Waals surface area contributed by atoms with Gasteiger partial charge in [-0.2, -0.15) is 0 Å². The van der Waals surface area contributed by atoms with Crippen LogP contribution in [-0.2, 0) is 25.2 Å². The highest BCUT2D eigenvalue weighted by atomic mass is 28.4. The molecule has 0 amide bonds. The van der Waals surface area contributed by atoms with Gasteiger partial charge in [0.05, 0.1) is 19.8 Å². The molecule has 0 unspecified atom stereocenters. The maximum atomic E-state index is 10.7. The maximum Gasteiger partial charge on any atom is 0.192 e. The molecule has 0 aromatic heterocycles. The Labute approximate surface area is 183 Å². The highest BCUT2D eigenvalue weighted by molar-refractivity contribution is 6.74. The van der Waals surface area contributed by atoms with E-state index in [4.69, 9.17) is 18.6 Å². The second kappa shape index (κ2) is 10.5. The molecule has 1 aliphatic rings. The molecule has 1 saturated heterocycles. The van der Waals surface area contributed by atoms with Crippen molar-refractivity contribution in [3.8, 4) is 0 Å². The first-order valence-electron chi connectivity index (χ1n) is 10.9. The number of aliphatic hydroxyl groups excluding tert-OH is 1. The van der Waals surface area contributed by atoms with Crippen molar-refractivity contribution in [3.05, 3.63) is 48.0 Å². The van der Waals surface area contributed by atoms with E-state index < -0.39 is 26.3 Å². The summed E-state index contributed by atoms with van der Waals surface area (Å²) in [5, 5.41) is 10.8. The van der Waals surface area contributed by atoms with Crippen molar-refractivity contribution < 1.29 is 23.7 Å². The van der Waals surface area contributed by atoms with E-state index in [9.17, 15) is 5.11 Å². The van der Waals surface area contributed by atoms with Gasteiger partial charge in [0.15, 0.2) is 14.1 Å². The number of aliphatic hydroxyl groups is 1. The van der Waals surface area contributed by atoms with Gasteiger partial charge >= 0.3 is 0 Å². The van der Waals surface area contributed by atoms with Gasteiger partial charge in [0, 0.05) is 0 Å². The monoisotopic (exact) mass is 436 g/mol. The first kappa shape index (κ1) is 25.2. The Morgan fingerprint density at radius 2 is 1.83 bits per heavy atom. The van der Waals surface area contributed by atoms with Crippen LogP contribution >= 0.6 is 0 Å². The lowest BCUT2D eigenvalue weighted by Crippen LogP contribution is -2.45. The number of rotatable bonds is 10. The van der Waals surface area contributed by atoms with E-state index in [-0.39, 0.29) is 11.1 Å². The standard InChI is InChI=1S/C24H40O5Si/c1-23(2,3)30(6,7)27-18-21-22(29-24(4,5)28-21)20(25)15-11-12-16-26-17-19-13-9-8-10-14-19/h8-11,13-15,20-22,25H,12,16-18H2,1-7H3/b15-11+/t20-,21+,22-/m0/s1. The Kier molecular flexibility index (Phi) is 8.86. The summed E-state index contributed by atoms with van der Waals surface area (Å²) in [5.41, 5.74) is 1.16. The molecular weight excluding hydrogens is 396 g/mol. The van der Waals surface area contributed by atoms with Gasteiger partial charge < -0.3 is 23.7 Å². The lowest BCUT2D eigenvalue weighted by molar-refractivity contribution is -0.154. The van der Waals surface area contributed by atoms with Crippen LogP contribution in [0.25, 0.3) is 0 Å². The fraction of sp³-hybridized carbons (Fsp3) is 0.667. The van der Waals surface area contributed by atoms with Crippen LogP contribution < -0.4 is 0 Å². The Bertz CT molecular complexity index is 666. The molecule has 0 saturated carbocycles. The van der Waals surface area contributed by atoms with Gasteiger partial charge in [-0.25, -0.2) is 0 Å². The normalized spacial score (nSPS) is 23.2. The molecule has 1 aliphatic heterocycles. The van der Waals surface area contributed by atoms with Gasteiger partial charge in [0.1, 0.15) is 18.3 Å². The summed E-state index contributed by atoms with van der Waals surface area (Å²) in [6, 6.07) is 10.1. The summed E-state index contributed by atoms with van der Waals surface area (Å²) < 4.78 is 24.0. The Morgan fingerprint density at radius 3 is 2.47 bits per heavy atom. The zero-order chi connectivity index (χ0) is 22.4. The van der Waals surface area contributed by atoms with Crippen molar-refractivity contribution in [2.75, 3.05) is 13.2 Å². The van der Waals surface area contributed by atoms with E-state index in [0.717, 1.165) is 12.0 Å². The third kappa shape index (κ3) is 7.59. The fourth-order valence-electron chi connectivity index (χ4n) is 3.05. The smallest absolute Gasteiger partial charge is 0.192 e. The molecule has 1 heterocycles. The van der Waals surface area contributed by atoms with Gasteiger partial charge in [-0.15, -0.1) is 0 Å². The van der Waals surface area contributed by atoms with Crippen molar-refractivity contribution in [3.63, 3.8) is 0 Å². The lowest BCUT2D eigenvalue weighted by atomic mass is 10.1. The first-order valence-corrected chi connectivity index (χ1v) is 13.8. The molecule has 1 aromatic rings. The molecule has 30 heavy (non-hydrogen) atoms. The average molecular weight is 437 g/mol. The van der Waals surface area contributed by atoms with E-state index in [1.165, 1.54) is 0 Å². The van der Waals surface area contributed by atoms with Crippen LogP contribution in [0.2, 0.25) is 18.1 Å². The predicted molar refractivity (Wildman–Crippen MR) is 123 cm³/mol. The number of benzene rings is 1. The summed E-state index contributed by atoms with van der Waals surface area (Å²) in [6.45, 7) is 16.4. The van der Waals surface area contributed by atoms with E-state index in [1.54, 1.807) is 6.08 Å². The minimum atomic E-state index is -1.90.